The molecule has 0 aliphatic carbocycles. The van der Waals surface area contributed by atoms with Crippen molar-refractivity contribution in [3.8, 4) is 11.4 Å². The Hall–Kier alpha value is -2.81. The van der Waals surface area contributed by atoms with E-state index >= 15 is 0 Å². The summed E-state index contributed by atoms with van der Waals surface area (Å²) in [7, 11) is 0. The molecule has 3 nitrogen and oxygen atoms in total. The molecule has 3 heteroatoms. The number of aromatic hydroxyl groups is 1. The van der Waals surface area contributed by atoms with E-state index in [1.165, 1.54) is 17.8 Å². The van der Waals surface area contributed by atoms with Crippen molar-refractivity contribution in [3.63, 3.8) is 0 Å². The van der Waals surface area contributed by atoms with Gasteiger partial charge in [-0.15, -0.1) is 0 Å². The van der Waals surface area contributed by atoms with E-state index in [9.17, 15) is 9.90 Å². The zero-order chi connectivity index (χ0) is 16.2. The average Bonchev–Trinajstić information content (AvgIpc) is 2.58. The highest BCUT2D eigenvalue weighted by molar-refractivity contribution is 5.38. The van der Waals surface area contributed by atoms with Crippen molar-refractivity contribution >= 4 is 0 Å². The SMILES string of the molecule is C[C@@H](Cc1ccccc1)c1cc(=O)c(O)cn1-c1ccccc1. The van der Waals surface area contributed by atoms with Crippen molar-refractivity contribution in [2.24, 2.45) is 0 Å². The molecule has 0 unspecified atom stereocenters. The van der Waals surface area contributed by atoms with Gasteiger partial charge in [-0.3, -0.25) is 4.79 Å². The Morgan fingerprint density at radius 1 is 1.00 bits per heavy atom. The van der Waals surface area contributed by atoms with Gasteiger partial charge in [0.1, 0.15) is 0 Å². The number of rotatable bonds is 4. The van der Waals surface area contributed by atoms with Gasteiger partial charge in [0.2, 0.25) is 5.43 Å². The lowest BCUT2D eigenvalue weighted by Crippen LogP contribution is -2.14. The van der Waals surface area contributed by atoms with Crippen LogP contribution in [0.5, 0.6) is 5.75 Å². The van der Waals surface area contributed by atoms with E-state index in [1.54, 1.807) is 0 Å². The molecule has 0 amide bonds. The van der Waals surface area contributed by atoms with Crippen LogP contribution in [0.25, 0.3) is 5.69 Å². The highest BCUT2D eigenvalue weighted by Crippen LogP contribution is 2.23. The van der Waals surface area contributed by atoms with E-state index in [2.05, 4.69) is 19.1 Å². The van der Waals surface area contributed by atoms with Gasteiger partial charge in [0.25, 0.3) is 0 Å². The van der Waals surface area contributed by atoms with Crippen LogP contribution in [0, 0.1) is 0 Å². The smallest absolute Gasteiger partial charge is 0.223 e. The lowest BCUT2D eigenvalue weighted by Gasteiger charge is -2.19. The number of hydrogen-bond acceptors (Lipinski definition) is 2. The predicted molar refractivity (Wildman–Crippen MR) is 92.3 cm³/mol. The highest BCUT2D eigenvalue weighted by Gasteiger charge is 2.14. The number of benzene rings is 2. The summed E-state index contributed by atoms with van der Waals surface area (Å²) < 4.78 is 1.89. The van der Waals surface area contributed by atoms with Crippen molar-refractivity contribution in [1.29, 1.82) is 0 Å². The zero-order valence-electron chi connectivity index (χ0n) is 13.0. The van der Waals surface area contributed by atoms with Gasteiger partial charge in [-0.2, -0.15) is 0 Å². The van der Waals surface area contributed by atoms with E-state index in [4.69, 9.17) is 0 Å². The zero-order valence-corrected chi connectivity index (χ0v) is 13.0. The highest BCUT2D eigenvalue weighted by atomic mass is 16.3. The van der Waals surface area contributed by atoms with Crippen LogP contribution in [0.15, 0.2) is 77.7 Å². The van der Waals surface area contributed by atoms with Gasteiger partial charge in [0.15, 0.2) is 5.75 Å². The van der Waals surface area contributed by atoms with E-state index in [0.717, 1.165) is 17.8 Å². The Morgan fingerprint density at radius 3 is 2.26 bits per heavy atom. The van der Waals surface area contributed by atoms with Crippen LogP contribution in [-0.4, -0.2) is 9.67 Å². The van der Waals surface area contributed by atoms with Gasteiger partial charge in [-0.05, 0) is 24.1 Å². The summed E-state index contributed by atoms with van der Waals surface area (Å²) in [5.74, 6) is -0.0876. The monoisotopic (exact) mass is 305 g/mol. The number of nitrogens with zero attached hydrogens (tertiary/aromatic N) is 1. The number of pyridine rings is 1. The largest absolute Gasteiger partial charge is 0.503 e. The Morgan fingerprint density at radius 2 is 1.61 bits per heavy atom. The number of para-hydroxylation sites is 1. The fourth-order valence-electron chi connectivity index (χ4n) is 2.80. The molecular weight excluding hydrogens is 286 g/mol. The molecule has 0 aliphatic rings. The molecule has 0 spiro atoms. The minimum Gasteiger partial charge on any atom is -0.503 e. The maximum Gasteiger partial charge on any atom is 0.223 e. The van der Waals surface area contributed by atoms with Gasteiger partial charge in [0.05, 0.1) is 6.20 Å². The van der Waals surface area contributed by atoms with E-state index in [-0.39, 0.29) is 17.1 Å². The van der Waals surface area contributed by atoms with Crippen LogP contribution in [0.3, 0.4) is 0 Å². The van der Waals surface area contributed by atoms with Crippen molar-refractivity contribution < 1.29 is 5.11 Å². The van der Waals surface area contributed by atoms with E-state index in [0.29, 0.717) is 0 Å². The standard InChI is InChI=1S/C20H19NO2/c1-15(12-16-8-4-2-5-9-16)18-13-19(22)20(23)14-21(18)17-10-6-3-7-11-17/h2-11,13-15,23H,12H2,1H3/t15-/m0/s1. The molecule has 2 aromatic carbocycles. The molecule has 1 N–H and O–H groups in total. The summed E-state index contributed by atoms with van der Waals surface area (Å²) in [4.78, 5) is 11.9. The molecule has 1 aromatic heterocycles. The maximum absolute atomic E-state index is 11.9. The fourth-order valence-corrected chi connectivity index (χ4v) is 2.80. The van der Waals surface area contributed by atoms with Crippen LogP contribution in [0.4, 0.5) is 0 Å². The quantitative estimate of drug-likeness (QED) is 0.794. The predicted octanol–water partition coefficient (Wildman–Crippen LogP) is 3.89. The first kappa shape index (κ1) is 15.1. The minimum atomic E-state index is -0.341. The summed E-state index contributed by atoms with van der Waals surface area (Å²) in [5.41, 5.74) is 2.70. The normalized spacial score (nSPS) is 12.0. The molecule has 0 aliphatic heterocycles. The Kier molecular flexibility index (Phi) is 4.29. The lowest BCUT2D eigenvalue weighted by molar-refractivity contribution is 0.463. The molecule has 0 bridgehead atoms. The molecule has 0 saturated heterocycles. The minimum absolute atomic E-state index is 0.144. The summed E-state index contributed by atoms with van der Waals surface area (Å²) >= 11 is 0. The first-order valence-electron chi connectivity index (χ1n) is 7.70. The topological polar surface area (TPSA) is 42.2 Å². The van der Waals surface area contributed by atoms with Crippen LogP contribution in [0.1, 0.15) is 24.1 Å². The average molecular weight is 305 g/mol. The van der Waals surface area contributed by atoms with E-state index in [1.807, 2.05) is 53.1 Å². The van der Waals surface area contributed by atoms with Gasteiger partial charge in [-0.25, -0.2) is 0 Å². The Balaban J connectivity index is 2.04. The Bertz CT molecular complexity index is 839. The molecule has 0 saturated carbocycles. The van der Waals surface area contributed by atoms with Crippen LogP contribution >= 0.6 is 0 Å². The van der Waals surface area contributed by atoms with Crippen molar-refractivity contribution in [1.82, 2.24) is 4.57 Å². The first-order valence-corrected chi connectivity index (χ1v) is 7.70. The maximum atomic E-state index is 11.9. The van der Waals surface area contributed by atoms with Crippen LogP contribution in [0.2, 0.25) is 0 Å². The second kappa shape index (κ2) is 6.53. The summed E-state index contributed by atoms with van der Waals surface area (Å²) in [6.45, 7) is 2.10. The fraction of sp³-hybridized carbons (Fsp3) is 0.150. The third kappa shape index (κ3) is 3.34. The molecule has 3 rings (SSSR count). The van der Waals surface area contributed by atoms with Gasteiger partial charge in [-0.1, -0.05) is 55.5 Å². The van der Waals surface area contributed by atoms with Gasteiger partial charge >= 0.3 is 0 Å². The molecule has 116 valence electrons. The van der Waals surface area contributed by atoms with E-state index < -0.39 is 0 Å². The van der Waals surface area contributed by atoms with Crippen molar-refractivity contribution in [2.75, 3.05) is 0 Å². The van der Waals surface area contributed by atoms with Crippen molar-refractivity contribution in [3.05, 3.63) is 94.4 Å². The molecule has 1 heterocycles. The van der Waals surface area contributed by atoms with Crippen molar-refractivity contribution in [2.45, 2.75) is 19.3 Å². The third-order valence-corrected chi connectivity index (χ3v) is 3.98. The lowest BCUT2D eigenvalue weighted by atomic mass is 9.97. The number of aromatic nitrogens is 1. The second-order valence-electron chi connectivity index (χ2n) is 5.74. The summed E-state index contributed by atoms with van der Waals surface area (Å²) in [6, 6.07) is 21.5. The van der Waals surface area contributed by atoms with Crippen LogP contribution < -0.4 is 5.43 Å². The molecule has 3 aromatic rings. The Labute approximate surface area is 135 Å². The van der Waals surface area contributed by atoms with Crippen LogP contribution in [-0.2, 0) is 6.42 Å². The van der Waals surface area contributed by atoms with Gasteiger partial charge in [0, 0.05) is 23.4 Å². The van der Waals surface area contributed by atoms with Gasteiger partial charge < -0.3 is 9.67 Å². The summed E-state index contributed by atoms with van der Waals surface area (Å²) in [6.07, 6.45) is 2.34. The third-order valence-electron chi connectivity index (χ3n) is 3.98. The first-order chi connectivity index (χ1) is 11.1. The molecule has 0 fully saturated rings. The molecule has 1 atom stereocenters. The second-order valence-corrected chi connectivity index (χ2v) is 5.74. The molecule has 0 radical (unpaired) electrons. The molecular formula is C20H19NO2. The summed E-state index contributed by atoms with van der Waals surface area (Å²) in [5, 5.41) is 9.82. The molecule has 23 heavy (non-hydrogen) atoms. The number of hydrogen-bond donors (Lipinski definition) is 1.